The summed E-state index contributed by atoms with van der Waals surface area (Å²) in [7, 11) is -3.42. The van der Waals surface area contributed by atoms with Gasteiger partial charge in [-0.15, -0.1) is 0 Å². The quantitative estimate of drug-likeness (QED) is 0.886. The first-order valence-electron chi connectivity index (χ1n) is 5.45. The number of nitrogens with one attached hydrogen (secondary N) is 1. The Labute approximate surface area is 110 Å². The molecule has 0 saturated heterocycles. The molecule has 0 radical (unpaired) electrons. The third kappa shape index (κ3) is 2.88. The van der Waals surface area contributed by atoms with Crippen molar-refractivity contribution in [2.45, 2.75) is 37.2 Å². The van der Waals surface area contributed by atoms with Crippen molar-refractivity contribution in [3.8, 4) is 0 Å². The van der Waals surface area contributed by atoms with Gasteiger partial charge >= 0.3 is 0 Å². The predicted octanol–water partition coefficient (Wildman–Crippen LogP) is 1.66. The van der Waals surface area contributed by atoms with Crippen molar-refractivity contribution in [3.05, 3.63) is 27.7 Å². The second-order valence-corrected chi connectivity index (χ2v) is 6.84. The Morgan fingerprint density at radius 3 is 2.65 bits per heavy atom. The standard InChI is InChI=1S/C11H15BrN2O2S/c1-7-10(12)4-8(6-13)5-11(7)17(15,16)14-9-2-3-9/h4-5,9,14H,2-3,6,13H2,1H3. The zero-order valence-electron chi connectivity index (χ0n) is 9.53. The smallest absolute Gasteiger partial charge is 0.241 e. The maximum Gasteiger partial charge on any atom is 0.241 e. The van der Waals surface area contributed by atoms with Gasteiger partial charge in [-0.2, -0.15) is 0 Å². The van der Waals surface area contributed by atoms with E-state index in [4.69, 9.17) is 5.73 Å². The normalized spacial score (nSPS) is 16.2. The van der Waals surface area contributed by atoms with Gasteiger partial charge in [-0.3, -0.25) is 0 Å². The highest BCUT2D eigenvalue weighted by atomic mass is 79.9. The molecule has 0 spiro atoms. The largest absolute Gasteiger partial charge is 0.326 e. The molecule has 0 aromatic heterocycles. The highest BCUT2D eigenvalue weighted by molar-refractivity contribution is 9.10. The van der Waals surface area contributed by atoms with Gasteiger partial charge in [0.25, 0.3) is 0 Å². The lowest BCUT2D eigenvalue weighted by atomic mass is 10.1. The molecule has 0 aliphatic heterocycles. The minimum absolute atomic E-state index is 0.111. The van der Waals surface area contributed by atoms with Crippen LogP contribution >= 0.6 is 15.9 Å². The summed E-state index contributed by atoms with van der Waals surface area (Å²) in [4.78, 5) is 0.319. The minimum Gasteiger partial charge on any atom is -0.326 e. The van der Waals surface area contributed by atoms with Crippen molar-refractivity contribution in [1.82, 2.24) is 4.72 Å². The molecule has 0 atom stereocenters. The molecule has 0 amide bonds. The SMILES string of the molecule is Cc1c(Br)cc(CN)cc1S(=O)(=O)NC1CC1. The third-order valence-electron chi connectivity index (χ3n) is 2.78. The highest BCUT2D eigenvalue weighted by Gasteiger charge is 2.29. The fourth-order valence-electron chi connectivity index (χ4n) is 1.59. The van der Waals surface area contributed by atoms with Crippen LogP contribution in [-0.4, -0.2) is 14.5 Å². The summed E-state index contributed by atoms with van der Waals surface area (Å²) in [5.74, 6) is 0. The lowest BCUT2D eigenvalue weighted by molar-refractivity contribution is 0.580. The van der Waals surface area contributed by atoms with Gasteiger partial charge in [0.15, 0.2) is 0 Å². The first kappa shape index (κ1) is 13.0. The van der Waals surface area contributed by atoms with Gasteiger partial charge in [0.2, 0.25) is 10.0 Å². The van der Waals surface area contributed by atoms with Crippen LogP contribution in [0.3, 0.4) is 0 Å². The molecule has 17 heavy (non-hydrogen) atoms. The van der Waals surface area contributed by atoms with Crippen LogP contribution in [0, 0.1) is 6.92 Å². The first-order chi connectivity index (χ1) is 7.94. The van der Waals surface area contributed by atoms with Crippen LogP contribution in [0.25, 0.3) is 0 Å². The van der Waals surface area contributed by atoms with Crippen molar-refractivity contribution in [2.24, 2.45) is 5.73 Å². The van der Waals surface area contributed by atoms with Crippen LogP contribution in [0.4, 0.5) is 0 Å². The van der Waals surface area contributed by atoms with Gasteiger partial charge in [0.1, 0.15) is 0 Å². The second kappa shape index (κ2) is 4.68. The molecule has 2 rings (SSSR count). The molecule has 1 saturated carbocycles. The second-order valence-electron chi connectivity index (χ2n) is 4.30. The lowest BCUT2D eigenvalue weighted by Gasteiger charge is -2.11. The molecule has 6 heteroatoms. The van der Waals surface area contributed by atoms with Crippen molar-refractivity contribution in [1.29, 1.82) is 0 Å². The van der Waals surface area contributed by atoms with E-state index in [0.717, 1.165) is 28.4 Å². The van der Waals surface area contributed by atoms with E-state index in [0.29, 0.717) is 11.4 Å². The summed E-state index contributed by atoms with van der Waals surface area (Å²) in [5, 5.41) is 0. The Balaban J connectivity index is 2.45. The van der Waals surface area contributed by atoms with E-state index >= 15 is 0 Å². The number of benzene rings is 1. The van der Waals surface area contributed by atoms with Crippen LogP contribution in [0.15, 0.2) is 21.5 Å². The molecule has 1 aliphatic rings. The zero-order valence-corrected chi connectivity index (χ0v) is 11.9. The summed E-state index contributed by atoms with van der Waals surface area (Å²) < 4.78 is 27.8. The molecule has 1 aliphatic carbocycles. The number of sulfonamides is 1. The van der Waals surface area contributed by atoms with Gasteiger partial charge in [0.05, 0.1) is 4.90 Å². The lowest BCUT2D eigenvalue weighted by Crippen LogP contribution is -2.26. The summed E-state index contributed by atoms with van der Waals surface area (Å²) in [6.45, 7) is 2.11. The van der Waals surface area contributed by atoms with E-state index in [-0.39, 0.29) is 6.04 Å². The molecule has 1 fully saturated rings. The van der Waals surface area contributed by atoms with E-state index in [1.165, 1.54) is 0 Å². The monoisotopic (exact) mass is 318 g/mol. The van der Waals surface area contributed by atoms with Gasteiger partial charge in [-0.05, 0) is 43.0 Å². The minimum atomic E-state index is -3.42. The summed E-state index contributed by atoms with van der Waals surface area (Å²) in [6, 6.07) is 3.61. The van der Waals surface area contributed by atoms with Crippen molar-refractivity contribution in [2.75, 3.05) is 0 Å². The van der Waals surface area contributed by atoms with Crippen molar-refractivity contribution < 1.29 is 8.42 Å². The van der Waals surface area contributed by atoms with Gasteiger partial charge in [0, 0.05) is 17.1 Å². The molecule has 0 bridgehead atoms. The van der Waals surface area contributed by atoms with E-state index in [9.17, 15) is 8.42 Å². The zero-order chi connectivity index (χ0) is 12.6. The Bertz CT molecular complexity index is 539. The van der Waals surface area contributed by atoms with Crippen LogP contribution in [0.5, 0.6) is 0 Å². The molecular formula is C11H15BrN2O2S. The van der Waals surface area contributed by atoms with Crippen LogP contribution < -0.4 is 10.5 Å². The van der Waals surface area contributed by atoms with E-state index in [2.05, 4.69) is 20.7 Å². The number of rotatable bonds is 4. The Hall–Kier alpha value is -0.430. The maximum atomic E-state index is 12.2. The molecular weight excluding hydrogens is 304 g/mol. The fourth-order valence-corrected chi connectivity index (χ4v) is 3.85. The Kier molecular flexibility index (Phi) is 3.58. The maximum absolute atomic E-state index is 12.2. The summed E-state index contributed by atoms with van der Waals surface area (Å²) in [6.07, 6.45) is 1.85. The first-order valence-corrected chi connectivity index (χ1v) is 7.73. The molecule has 0 heterocycles. The van der Waals surface area contributed by atoms with Crippen LogP contribution in [0.2, 0.25) is 0 Å². The number of hydrogen-bond donors (Lipinski definition) is 2. The molecule has 3 N–H and O–H groups in total. The molecule has 0 unspecified atom stereocenters. The topological polar surface area (TPSA) is 72.2 Å². The van der Waals surface area contributed by atoms with Crippen LogP contribution in [0.1, 0.15) is 24.0 Å². The average Bonchev–Trinajstić information content (AvgIpc) is 3.04. The molecule has 1 aromatic rings. The van der Waals surface area contributed by atoms with Crippen molar-refractivity contribution in [3.63, 3.8) is 0 Å². The van der Waals surface area contributed by atoms with E-state index in [1.807, 2.05) is 6.07 Å². The molecule has 4 nitrogen and oxygen atoms in total. The fraction of sp³-hybridized carbons (Fsp3) is 0.455. The van der Waals surface area contributed by atoms with E-state index < -0.39 is 10.0 Å². The van der Waals surface area contributed by atoms with Gasteiger partial charge in [-0.1, -0.05) is 15.9 Å². The Morgan fingerprint density at radius 1 is 1.47 bits per heavy atom. The Morgan fingerprint density at radius 2 is 2.12 bits per heavy atom. The van der Waals surface area contributed by atoms with Crippen molar-refractivity contribution >= 4 is 26.0 Å². The number of nitrogens with two attached hydrogens (primary N) is 1. The molecule has 94 valence electrons. The third-order valence-corrected chi connectivity index (χ3v) is 5.25. The van der Waals surface area contributed by atoms with Gasteiger partial charge in [-0.25, -0.2) is 13.1 Å². The number of hydrogen-bond acceptors (Lipinski definition) is 3. The van der Waals surface area contributed by atoms with E-state index in [1.54, 1.807) is 13.0 Å². The summed E-state index contributed by atoms with van der Waals surface area (Å²) >= 11 is 3.36. The predicted molar refractivity (Wildman–Crippen MR) is 70.1 cm³/mol. The summed E-state index contributed by atoms with van der Waals surface area (Å²) in [5.41, 5.74) is 7.08. The van der Waals surface area contributed by atoms with Crippen LogP contribution in [-0.2, 0) is 16.6 Å². The van der Waals surface area contributed by atoms with Gasteiger partial charge < -0.3 is 5.73 Å². The average molecular weight is 319 g/mol. The highest BCUT2D eigenvalue weighted by Crippen LogP contribution is 2.28. The molecule has 1 aromatic carbocycles. The number of halogens is 1.